The van der Waals surface area contributed by atoms with E-state index in [4.69, 9.17) is 0 Å². The summed E-state index contributed by atoms with van der Waals surface area (Å²) in [5.41, 5.74) is 0.695. The van der Waals surface area contributed by atoms with E-state index < -0.39 is 23.6 Å². The van der Waals surface area contributed by atoms with Crippen LogP contribution in [0.15, 0.2) is 48.8 Å². The Hall–Kier alpha value is -4.08. The van der Waals surface area contributed by atoms with Crippen LogP contribution in [0, 0.1) is 17.6 Å². The largest absolute Gasteiger partial charge is 0.478 e. The van der Waals surface area contributed by atoms with Crippen molar-refractivity contribution < 1.29 is 23.5 Å². The fourth-order valence-corrected chi connectivity index (χ4v) is 4.91. The third-order valence-corrected chi connectivity index (χ3v) is 6.56. The molecule has 1 heterocycles. The number of urea groups is 1. The first kappa shape index (κ1) is 27.0. The molecule has 2 amide bonds. The van der Waals surface area contributed by atoms with Gasteiger partial charge in [-0.05, 0) is 55.2 Å². The Bertz CT molecular complexity index is 1300. The molecule has 0 saturated heterocycles. The molecule has 3 N–H and O–H groups in total. The van der Waals surface area contributed by atoms with Crippen LogP contribution in [-0.2, 0) is 0 Å². The number of nitrogens with zero attached hydrogens (tertiary/aromatic N) is 3. The van der Waals surface area contributed by atoms with Crippen molar-refractivity contribution in [3.8, 4) is 11.1 Å². The van der Waals surface area contributed by atoms with Crippen LogP contribution in [0.25, 0.3) is 11.1 Å². The molecule has 1 fully saturated rings. The van der Waals surface area contributed by atoms with Gasteiger partial charge in [-0.1, -0.05) is 33.1 Å². The van der Waals surface area contributed by atoms with Crippen molar-refractivity contribution in [2.24, 2.45) is 5.92 Å². The number of rotatable bonds is 8. The summed E-state index contributed by atoms with van der Waals surface area (Å²) in [4.78, 5) is 27.0. The maximum absolute atomic E-state index is 15.8. The van der Waals surface area contributed by atoms with E-state index in [1.807, 2.05) is 0 Å². The van der Waals surface area contributed by atoms with Crippen LogP contribution in [0.4, 0.5) is 30.6 Å². The number of hydrogen-bond donors (Lipinski definition) is 3. The third kappa shape index (κ3) is 6.42. The highest BCUT2D eigenvalue weighted by Gasteiger charge is 2.27. The first-order chi connectivity index (χ1) is 18.2. The molecule has 0 spiro atoms. The first-order valence-electron chi connectivity index (χ1n) is 12.7. The van der Waals surface area contributed by atoms with Crippen molar-refractivity contribution in [1.82, 2.24) is 10.2 Å². The Morgan fingerprint density at radius 3 is 2.45 bits per heavy atom. The van der Waals surface area contributed by atoms with Gasteiger partial charge in [0.05, 0.1) is 35.0 Å². The maximum atomic E-state index is 15.8. The lowest BCUT2D eigenvalue weighted by Gasteiger charge is -2.38. The second-order valence-corrected chi connectivity index (χ2v) is 9.89. The van der Waals surface area contributed by atoms with Gasteiger partial charge in [0, 0.05) is 23.7 Å². The molecular formula is C28H31F2N5O3. The van der Waals surface area contributed by atoms with Crippen LogP contribution in [0.3, 0.4) is 0 Å². The number of carboxylic acids is 1. The average Bonchev–Trinajstić information content (AvgIpc) is 2.89. The quantitative estimate of drug-likeness (QED) is 0.309. The van der Waals surface area contributed by atoms with Crippen LogP contribution < -0.4 is 15.5 Å². The van der Waals surface area contributed by atoms with Crippen molar-refractivity contribution >= 4 is 29.1 Å². The standard InChI is InChI=1S/C28H31F2N5O3/c1-17(2)16-35(20-6-4-3-5-7-20)26-14-24(30)23(22-12-18(29)8-9-21(22)27(36)37)13-25(26)34-28(38)33-19-10-11-31-32-15-19/h8-15,17,20H,3-7,16H2,1-2H3,(H,36,37)(H2,31,33,34,38). The van der Waals surface area contributed by atoms with E-state index in [1.54, 1.807) is 6.07 Å². The maximum Gasteiger partial charge on any atom is 0.336 e. The van der Waals surface area contributed by atoms with Crippen molar-refractivity contribution in [3.05, 3.63) is 66.0 Å². The number of anilines is 3. The Morgan fingerprint density at radius 1 is 1.03 bits per heavy atom. The minimum Gasteiger partial charge on any atom is -0.478 e. The summed E-state index contributed by atoms with van der Waals surface area (Å²) in [5.74, 6) is -2.47. The van der Waals surface area contributed by atoms with Gasteiger partial charge >= 0.3 is 12.0 Å². The van der Waals surface area contributed by atoms with Gasteiger partial charge in [0.1, 0.15) is 11.6 Å². The number of hydrogen-bond acceptors (Lipinski definition) is 5. The lowest BCUT2D eigenvalue weighted by molar-refractivity contribution is 0.0697. The number of carbonyl (C=O) groups excluding carboxylic acids is 1. The van der Waals surface area contributed by atoms with Gasteiger partial charge in [-0.3, -0.25) is 0 Å². The third-order valence-electron chi connectivity index (χ3n) is 6.56. The van der Waals surface area contributed by atoms with Crippen LogP contribution >= 0.6 is 0 Å². The summed E-state index contributed by atoms with van der Waals surface area (Å²) in [6.07, 6.45) is 7.96. The Balaban J connectivity index is 1.82. The zero-order valence-electron chi connectivity index (χ0n) is 21.4. The molecule has 1 saturated carbocycles. The normalized spacial score (nSPS) is 13.8. The summed E-state index contributed by atoms with van der Waals surface area (Å²) in [6.45, 7) is 4.78. The Morgan fingerprint density at radius 2 is 1.79 bits per heavy atom. The Kier molecular flexibility index (Phi) is 8.50. The van der Waals surface area contributed by atoms with Crippen LogP contribution in [0.1, 0.15) is 56.3 Å². The number of benzene rings is 2. The number of carbonyl (C=O) groups is 2. The second-order valence-electron chi connectivity index (χ2n) is 9.89. The zero-order chi connectivity index (χ0) is 27.2. The fourth-order valence-electron chi connectivity index (χ4n) is 4.91. The van der Waals surface area contributed by atoms with E-state index >= 15 is 4.39 Å². The average molecular weight is 524 g/mol. The van der Waals surface area contributed by atoms with Gasteiger partial charge in [-0.15, -0.1) is 0 Å². The predicted octanol–water partition coefficient (Wildman–Crippen LogP) is 6.56. The lowest BCUT2D eigenvalue weighted by atomic mass is 9.92. The molecule has 4 rings (SSSR count). The fraction of sp³-hybridized carbons (Fsp3) is 0.357. The van der Waals surface area contributed by atoms with E-state index in [1.165, 1.54) is 24.5 Å². The molecule has 8 nitrogen and oxygen atoms in total. The highest BCUT2D eigenvalue weighted by molar-refractivity contribution is 6.03. The zero-order valence-corrected chi connectivity index (χ0v) is 21.4. The van der Waals surface area contributed by atoms with E-state index in [2.05, 4.69) is 39.6 Å². The molecule has 0 bridgehead atoms. The second kappa shape index (κ2) is 12.0. The van der Waals surface area contributed by atoms with E-state index in [-0.39, 0.29) is 34.3 Å². The summed E-state index contributed by atoms with van der Waals surface area (Å²) in [6, 6.07) is 6.93. The summed E-state index contributed by atoms with van der Waals surface area (Å²) >= 11 is 0. The molecule has 0 aliphatic heterocycles. The predicted molar refractivity (Wildman–Crippen MR) is 142 cm³/mol. The molecule has 2 aromatic carbocycles. The lowest BCUT2D eigenvalue weighted by Crippen LogP contribution is -2.40. The van der Waals surface area contributed by atoms with Crippen molar-refractivity contribution in [3.63, 3.8) is 0 Å². The number of halogens is 2. The molecular weight excluding hydrogens is 492 g/mol. The number of aromatic carboxylic acids is 1. The summed E-state index contributed by atoms with van der Waals surface area (Å²) < 4.78 is 29.9. The van der Waals surface area contributed by atoms with E-state index in [0.717, 1.165) is 50.3 Å². The van der Waals surface area contributed by atoms with E-state index in [0.29, 0.717) is 17.9 Å². The molecule has 0 atom stereocenters. The minimum atomic E-state index is -1.32. The van der Waals surface area contributed by atoms with Crippen molar-refractivity contribution in [1.29, 1.82) is 0 Å². The summed E-state index contributed by atoms with van der Waals surface area (Å²) in [7, 11) is 0. The van der Waals surface area contributed by atoms with Gasteiger partial charge < -0.3 is 20.6 Å². The molecule has 0 unspecified atom stereocenters. The van der Waals surface area contributed by atoms with Gasteiger partial charge in [-0.25, -0.2) is 18.4 Å². The number of carboxylic acid groups (broad SMARTS) is 1. The smallest absolute Gasteiger partial charge is 0.336 e. The van der Waals surface area contributed by atoms with Gasteiger partial charge in [0.25, 0.3) is 0 Å². The minimum absolute atomic E-state index is 0.114. The summed E-state index contributed by atoms with van der Waals surface area (Å²) in [5, 5.41) is 22.6. The molecule has 1 aromatic heterocycles. The van der Waals surface area contributed by atoms with Gasteiger partial charge in [-0.2, -0.15) is 10.2 Å². The Labute approximate surface area is 220 Å². The van der Waals surface area contributed by atoms with Crippen LogP contribution in [0.5, 0.6) is 0 Å². The molecule has 0 radical (unpaired) electrons. The van der Waals surface area contributed by atoms with E-state index in [9.17, 15) is 19.1 Å². The highest BCUT2D eigenvalue weighted by Crippen LogP contribution is 2.39. The van der Waals surface area contributed by atoms with Crippen molar-refractivity contribution in [2.45, 2.75) is 52.0 Å². The molecule has 3 aromatic rings. The number of aromatic nitrogens is 2. The van der Waals surface area contributed by atoms with Gasteiger partial charge in [0.2, 0.25) is 0 Å². The molecule has 1 aliphatic rings. The highest BCUT2D eigenvalue weighted by atomic mass is 19.1. The molecule has 200 valence electrons. The molecule has 38 heavy (non-hydrogen) atoms. The van der Waals surface area contributed by atoms with Crippen LogP contribution in [-0.4, -0.2) is 39.9 Å². The monoisotopic (exact) mass is 523 g/mol. The topological polar surface area (TPSA) is 107 Å². The number of nitrogens with one attached hydrogen (secondary N) is 2. The van der Waals surface area contributed by atoms with Crippen molar-refractivity contribution in [2.75, 3.05) is 22.1 Å². The number of amides is 2. The molecule has 10 heteroatoms. The van der Waals surface area contributed by atoms with Gasteiger partial charge in [0.15, 0.2) is 0 Å². The molecule has 1 aliphatic carbocycles. The first-order valence-corrected chi connectivity index (χ1v) is 12.7. The van der Waals surface area contributed by atoms with Crippen LogP contribution in [0.2, 0.25) is 0 Å². The SMILES string of the molecule is CC(C)CN(c1cc(F)c(-c2cc(F)ccc2C(=O)O)cc1NC(=O)Nc1ccnnc1)C1CCCCC1.